The monoisotopic (exact) mass is 306 g/mol. The average Bonchev–Trinajstić information content (AvgIpc) is 2.94. The Bertz CT molecular complexity index is 1070. The molecular weight excluding hydrogens is 290 g/mol. The minimum Gasteiger partial charge on any atom is -0.447 e. The average molecular weight is 306 g/mol. The van der Waals surface area contributed by atoms with Crippen LogP contribution in [-0.2, 0) is 11.8 Å². The van der Waals surface area contributed by atoms with E-state index in [9.17, 15) is 4.79 Å². The van der Waals surface area contributed by atoms with E-state index >= 15 is 0 Å². The Kier molecular flexibility index (Phi) is 2.94. The summed E-state index contributed by atoms with van der Waals surface area (Å²) >= 11 is 0. The maximum Gasteiger partial charge on any atom is 0.261 e. The molecule has 0 aliphatic rings. The van der Waals surface area contributed by atoms with Crippen molar-refractivity contribution in [3.63, 3.8) is 0 Å². The van der Waals surface area contributed by atoms with Crippen LogP contribution >= 0.6 is 0 Å². The van der Waals surface area contributed by atoms with Gasteiger partial charge in [0.2, 0.25) is 17.0 Å². The van der Waals surface area contributed by atoms with Crippen LogP contribution in [0.4, 0.5) is 5.69 Å². The maximum absolute atomic E-state index is 11.2. The van der Waals surface area contributed by atoms with E-state index in [1.807, 2.05) is 55.6 Å². The number of benzene rings is 2. The summed E-state index contributed by atoms with van der Waals surface area (Å²) in [7, 11) is 2.02. The van der Waals surface area contributed by atoms with Crippen molar-refractivity contribution in [1.82, 2.24) is 0 Å². The van der Waals surface area contributed by atoms with Crippen molar-refractivity contribution in [3.05, 3.63) is 48.5 Å². The van der Waals surface area contributed by atoms with Gasteiger partial charge in [-0.05, 0) is 18.2 Å². The second-order valence-electron chi connectivity index (χ2n) is 5.55. The Morgan fingerprint density at radius 3 is 2.61 bits per heavy atom. The molecule has 0 aliphatic carbocycles. The summed E-state index contributed by atoms with van der Waals surface area (Å²) < 4.78 is 8.19. The zero-order chi connectivity index (χ0) is 16.0. The highest BCUT2D eigenvalue weighted by Gasteiger charge is 2.24. The SMILES string of the molecule is C[n+]1c2ccccc2c(NCC(N)=O)c2oc3ccccc3c21. The first-order chi connectivity index (χ1) is 11.2. The second kappa shape index (κ2) is 4.98. The molecule has 0 aliphatic heterocycles. The first-order valence-corrected chi connectivity index (χ1v) is 7.41. The van der Waals surface area contributed by atoms with Crippen molar-refractivity contribution >= 4 is 44.6 Å². The summed E-state index contributed by atoms with van der Waals surface area (Å²) in [6, 6.07) is 15.9. The molecule has 0 atom stereocenters. The van der Waals surface area contributed by atoms with Crippen molar-refractivity contribution in [1.29, 1.82) is 0 Å². The normalized spacial score (nSPS) is 11.3. The van der Waals surface area contributed by atoms with Crippen LogP contribution < -0.4 is 15.6 Å². The first kappa shape index (κ1) is 13.6. The number of furan rings is 1. The minimum absolute atomic E-state index is 0.0594. The molecular formula is C18H16N3O2+. The first-order valence-electron chi connectivity index (χ1n) is 7.41. The van der Waals surface area contributed by atoms with Crippen molar-refractivity contribution in [2.24, 2.45) is 12.8 Å². The number of pyridine rings is 1. The molecule has 5 heteroatoms. The van der Waals surface area contributed by atoms with Crippen molar-refractivity contribution < 1.29 is 13.8 Å². The largest absolute Gasteiger partial charge is 0.447 e. The lowest BCUT2D eigenvalue weighted by Gasteiger charge is -2.08. The Morgan fingerprint density at radius 2 is 1.83 bits per heavy atom. The summed E-state index contributed by atoms with van der Waals surface area (Å²) in [6.07, 6.45) is 0. The fourth-order valence-corrected chi connectivity index (χ4v) is 3.11. The van der Waals surface area contributed by atoms with Gasteiger partial charge in [0.05, 0.1) is 23.0 Å². The fraction of sp³-hybridized carbons (Fsp3) is 0.111. The standard InChI is InChI=1S/C18H15N3O2/c1-21-13-8-4-2-6-11(13)16(20-10-15(19)22)18-17(21)12-7-3-5-9-14(12)23-18/h2-9H,10H2,1H3,(H2,19,22)/p+1. The molecule has 5 nitrogen and oxygen atoms in total. The van der Waals surface area contributed by atoms with Gasteiger partial charge in [0, 0.05) is 6.07 Å². The lowest BCUT2D eigenvalue weighted by atomic mass is 10.1. The zero-order valence-corrected chi connectivity index (χ0v) is 12.7. The van der Waals surface area contributed by atoms with Gasteiger partial charge < -0.3 is 15.5 Å². The lowest BCUT2D eigenvalue weighted by molar-refractivity contribution is -0.616. The Labute approximate surface area is 132 Å². The van der Waals surface area contributed by atoms with Crippen LogP contribution in [0.1, 0.15) is 0 Å². The molecule has 114 valence electrons. The second-order valence-corrected chi connectivity index (χ2v) is 5.55. The van der Waals surface area contributed by atoms with E-state index in [1.54, 1.807) is 0 Å². The molecule has 4 aromatic rings. The number of amides is 1. The maximum atomic E-state index is 11.2. The summed E-state index contributed by atoms with van der Waals surface area (Å²) in [5, 5.41) is 5.17. The summed E-state index contributed by atoms with van der Waals surface area (Å²) in [6.45, 7) is 0.0594. The highest BCUT2D eigenvalue weighted by Crippen LogP contribution is 2.35. The number of fused-ring (bicyclic) bond motifs is 4. The zero-order valence-electron chi connectivity index (χ0n) is 12.7. The highest BCUT2D eigenvalue weighted by molar-refractivity contribution is 6.11. The molecule has 4 rings (SSSR count). The van der Waals surface area contributed by atoms with Crippen LogP contribution in [0.5, 0.6) is 0 Å². The number of para-hydroxylation sites is 2. The number of aryl methyl sites for hydroxylation is 1. The summed E-state index contributed by atoms with van der Waals surface area (Å²) in [5.74, 6) is -0.411. The number of hydrogen-bond acceptors (Lipinski definition) is 3. The molecule has 0 bridgehead atoms. The van der Waals surface area contributed by atoms with Gasteiger partial charge in [-0.3, -0.25) is 4.79 Å². The van der Waals surface area contributed by atoms with Crippen LogP contribution in [0.3, 0.4) is 0 Å². The van der Waals surface area contributed by atoms with Crippen molar-refractivity contribution in [2.75, 3.05) is 11.9 Å². The van der Waals surface area contributed by atoms with Gasteiger partial charge >= 0.3 is 0 Å². The van der Waals surface area contributed by atoms with Gasteiger partial charge in [0.1, 0.15) is 12.6 Å². The predicted octanol–water partition coefficient (Wildman–Crippen LogP) is 2.46. The Balaban J connectivity index is 2.17. The van der Waals surface area contributed by atoms with Crippen molar-refractivity contribution in [2.45, 2.75) is 0 Å². The van der Waals surface area contributed by atoms with Crippen molar-refractivity contribution in [3.8, 4) is 0 Å². The lowest BCUT2D eigenvalue weighted by Crippen LogP contribution is -2.30. The number of nitrogens with two attached hydrogens (primary N) is 1. The topological polar surface area (TPSA) is 72.1 Å². The molecule has 0 unspecified atom stereocenters. The van der Waals surface area contributed by atoms with Gasteiger partial charge in [-0.15, -0.1) is 0 Å². The van der Waals surface area contributed by atoms with E-state index in [1.165, 1.54) is 0 Å². The summed E-state index contributed by atoms with van der Waals surface area (Å²) in [5.41, 5.74) is 9.68. The van der Waals surface area contributed by atoms with E-state index in [2.05, 4.69) is 9.88 Å². The van der Waals surface area contributed by atoms with E-state index in [0.29, 0.717) is 0 Å². The molecule has 0 spiro atoms. The molecule has 23 heavy (non-hydrogen) atoms. The third-order valence-electron chi connectivity index (χ3n) is 4.11. The number of carbonyl (C=O) groups excluding carboxylic acids is 1. The number of anilines is 1. The number of nitrogens with one attached hydrogen (secondary N) is 1. The van der Waals surface area contributed by atoms with Crippen LogP contribution in [0, 0.1) is 0 Å². The molecule has 3 N–H and O–H groups in total. The highest BCUT2D eigenvalue weighted by atomic mass is 16.3. The smallest absolute Gasteiger partial charge is 0.261 e. The van der Waals surface area contributed by atoms with E-state index in [0.717, 1.165) is 38.7 Å². The summed E-state index contributed by atoms with van der Waals surface area (Å²) in [4.78, 5) is 11.2. The molecule has 2 aromatic carbocycles. The molecule has 2 heterocycles. The quantitative estimate of drug-likeness (QED) is 0.571. The number of rotatable bonds is 3. The van der Waals surface area contributed by atoms with Gasteiger partial charge in [-0.2, -0.15) is 4.57 Å². The molecule has 0 fully saturated rings. The number of carbonyl (C=O) groups is 1. The Hall–Kier alpha value is -3.08. The Morgan fingerprint density at radius 1 is 1.13 bits per heavy atom. The van der Waals surface area contributed by atoms with E-state index < -0.39 is 5.91 Å². The number of aromatic nitrogens is 1. The third-order valence-corrected chi connectivity index (χ3v) is 4.11. The van der Waals surface area contributed by atoms with Gasteiger partial charge in [-0.1, -0.05) is 24.3 Å². The van der Waals surface area contributed by atoms with Crippen LogP contribution in [-0.4, -0.2) is 12.5 Å². The van der Waals surface area contributed by atoms with Crippen LogP contribution in [0.15, 0.2) is 52.9 Å². The third kappa shape index (κ3) is 2.01. The molecule has 0 radical (unpaired) electrons. The molecule has 0 saturated carbocycles. The minimum atomic E-state index is -0.411. The van der Waals surface area contributed by atoms with Crippen LogP contribution in [0.25, 0.3) is 33.0 Å². The predicted molar refractivity (Wildman–Crippen MR) is 90.1 cm³/mol. The van der Waals surface area contributed by atoms with E-state index in [4.69, 9.17) is 10.2 Å². The van der Waals surface area contributed by atoms with Gasteiger partial charge in [-0.25, -0.2) is 0 Å². The van der Waals surface area contributed by atoms with Crippen LogP contribution in [0.2, 0.25) is 0 Å². The fourth-order valence-electron chi connectivity index (χ4n) is 3.11. The molecule has 0 saturated heterocycles. The van der Waals surface area contributed by atoms with E-state index in [-0.39, 0.29) is 6.54 Å². The number of primary amides is 1. The molecule has 1 amide bonds. The van der Waals surface area contributed by atoms with Gasteiger partial charge in [0.15, 0.2) is 0 Å². The number of hydrogen-bond donors (Lipinski definition) is 2. The van der Waals surface area contributed by atoms with Gasteiger partial charge in [0.25, 0.3) is 5.52 Å². The number of nitrogens with zero attached hydrogens (tertiary/aromatic N) is 1. The molecule has 2 aromatic heterocycles.